The molecule has 5 nitrogen and oxygen atoms in total. The van der Waals surface area contributed by atoms with Crippen LogP contribution in [0.25, 0.3) is 0 Å². The number of Topliss-reactive ketones (excluding diaryl/α,β-unsaturated/α-hetero) is 1. The van der Waals surface area contributed by atoms with E-state index in [1.54, 1.807) is 24.3 Å². The van der Waals surface area contributed by atoms with E-state index < -0.39 is 36.1 Å². The van der Waals surface area contributed by atoms with Gasteiger partial charge in [-0.1, -0.05) is 60.7 Å². The van der Waals surface area contributed by atoms with Gasteiger partial charge < -0.3 is 4.90 Å². The molecular formula is C24H19FN2O3. The Hall–Kier alpha value is -3.80. The van der Waals surface area contributed by atoms with Gasteiger partial charge in [0.05, 0.1) is 6.54 Å². The summed E-state index contributed by atoms with van der Waals surface area (Å²) in [6, 6.07) is 22.1. The average molecular weight is 402 g/mol. The standard InChI is InChI=1S/C24H19FN2O3/c25-20-13-11-18(12-14-20)21(28)16-27-23(29)22(19-9-5-2-6-10-19)26(24(27)30)15-17-7-3-1-4-8-17/h1-14,22H,15-16H2. The first-order valence-corrected chi connectivity index (χ1v) is 9.54. The highest BCUT2D eigenvalue weighted by Gasteiger charge is 2.46. The van der Waals surface area contributed by atoms with Gasteiger partial charge in [0.25, 0.3) is 5.91 Å². The zero-order chi connectivity index (χ0) is 21.1. The molecule has 1 atom stereocenters. The molecule has 0 aromatic heterocycles. The molecule has 1 unspecified atom stereocenters. The van der Waals surface area contributed by atoms with Crippen LogP contribution in [-0.2, 0) is 11.3 Å². The number of urea groups is 1. The topological polar surface area (TPSA) is 57.7 Å². The maximum atomic E-state index is 13.2. The van der Waals surface area contributed by atoms with Gasteiger partial charge in [0.2, 0.25) is 0 Å². The van der Waals surface area contributed by atoms with Crippen LogP contribution in [0.4, 0.5) is 9.18 Å². The Bertz CT molecular complexity index is 1070. The van der Waals surface area contributed by atoms with Gasteiger partial charge in [-0.25, -0.2) is 9.18 Å². The molecule has 0 bridgehead atoms. The van der Waals surface area contributed by atoms with Crippen molar-refractivity contribution >= 4 is 17.7 Å². The van der Waals surface area contributed by atoms with E-state index in [0.717, 1.165) is 10.5 Å². The smallest absolute Gasteiger partial charge is 0.304 e. The van der Waals surface area contributed by atoms with Crippen LogP contribution < -0.4 is 0 Å². The predicted octanol–water partition coefficient (Wildman–Crippen LogP) is 4.21. The molecule has 150 valence electrons. The van der Waals surface area contributed by atoms with Gasteiger partial charge in [-0.2, -0.15) is 0 Å². The summed E-state index contributed by atoms with van der Waals surface area (Å²) in [4.78, 5) is 41.4. The summed E-state index contributed by atoms with van der Waals surface area (Å²) < 4.78 is 13.1. The van der Waals surface area contributed by atoms with Crippen LogP contribution in [0.15, 0.2) is 84.9 Å². The first kappa shape index (κ1) is 19.5. The van der Waals surface area contributed by atoms with Crippen LogP contribution in [0.5, 0.6) is 0 Å². The van der Waals surface area contributed by atoms with E-state index in [2.05, 4.69) is 0 Å². The lowest BCUT2D eigenvalue weighted by Crippen LogP contribution is -2.36. The molecule has 0 N–H and O–H groups in total. The third-order valence-corrected chi connectivity index (χ3v) is 5.07. The predicted molar refractivity (Wildman–Crippen MR) is 109 cm³/mol. The van der Waals surface area contributed by atoms with Crippen LogP contribution in [0.1, 0.15) is 27.5 Å². The van der Waals surface area contributed by atoms with E-state index in [1.807, 2.05) is 36.4 Å². The number of nitrogens with zero attached hydrogens (tertiary/aromatic N) is 2. The molecular weight excluding hydrogens is 383 g/mol. The lowest BCUT2D eigenvalue weighted by atomic mass is 10.0. The van der Waals surface area contributed by atoms with E-state index >= 15 is 0 Å². The third-order valence-electron chi connectivity index (χ3n) is 5.07. The minimum atomic E-state index is -0.806. The Balaban J connectivity index is 1.63. The van der Waals surface area contributed by atoms with Gasteiger partial charge in [0.1, 0.15) is 11.9 Å². The summed E-state index contributed by atoms with van der Waals surface area (Å²) in [6.45, 7) is -0.149. The number of rotatable bonds is 6. The van der Waals surface area contributed by atoms with Crippen molar-refractivity contribution in [3.8, 4) is 0 Å². The molecule has 3 amide bonds. The second kappa shape index (κ2) is 8.29. The summed E-state index contributed by atoms with van der Waals surface area (Å²) in [7, 11) is 0. The van der Waals surface area contributed by atoms with Crippen molar-refractivity contribution in [3.05, 3.63) is 107 Å². The van der Waals surface area contributed by atoms with Gasteiger partial charge in [0.15, 0.2) is 5.78 Å². The molecule has 1 aliphatic heterocycles. The van der Waals surface area contributed by atoms with Crippen LogP contribution in [0.2, 0.25) is 0 Å². The average Bonchev–Trinajstić information content (AvgIpc) is 2.99. The zero-order valence-electron chi connectivity index (χ0n) is 16.1. The summed E-state index contributed by atoms with van der Waals surface area (Å²) >= 11 is 0. The van der Waals surface area contributed by atoms with Crippen molar-refractivity contribution in [2.45, 2.75) is 12.6 Å². The molecule has 1 aliphatic rings. The highest BCUT2D eigenvalue weighted by molar-refractivity contribution is 6.09. The Morgan fingerprint density at radius 3 is 2.07 bits per heavy atom. The molecule has 1 heterocycles. The van der Waals surface area contributed by atoms with Crippen molar-refractivity contribution in [2.75, 3.05) is 6.54 Å². The number of imide groups is 1. The molecule has 6 heteroatoms. The molecule has 3 aromatic rings. The highest BCUT2D eigenvalue weighted by Crippen LogP contribution is 2.32. The van der Waals surface area contributed by atoms with E-state index in [1.165, 1.54) is 29.2 Å². The quantitative estimate of drug-likeness (QED) is 0.458. The van der Waals surface area contributed by atoms with Crippen LogP contribution in [0, 0.1) is 5.82 Å². The van der Waals surface area contributed by atoms with Crippen molar-refractivity contribution < 1.29 is 18.8 Å². The van der Waals surface area contributed by atoms with E-state index in [4.69, 9.17) is 0 Å². The molecule has 1 saturated heterocycles. The second-order valence-electron chi connectivity index (χ2n) is 7.06. The van der Waals surface area contributed by atoms with E-state index in [-0.39, 0.29) is 12.1 Å². The van der Waals surface area contributed by atoms with Crippen molar-refractivity contribution in [2.24, 2.45) is 0 Å². The van der Waals surface area contributed by atoms with Gasteiger partial charge in [-0.05, 0) is 35.4 Å². The first-order chi connectivity index (χ1) is 14.5. The van der Waals surface area contributed by atoms with Crippen molar-refractivity contribution in [1.82, 2.24) is 9.80 Å². The van der Waals surface area contributed by atoms with Crippen molar-refractivity contribution in [3.63, 3.8) is 0 Å². The van der Waals surface area contributed by atoms with Crippen LogP contribution >= 0.6 is 0 Å². The second-order valence-corrected chi connectivity index (χ2v) is 7.06. The SMILES string of the molecule is O=C(CN1C(=O)C(c2ccccc2)N(Cc2ccccc2)C1=O)c1ccc(F)cc1. The van der Waals surface area contributed by atoms with E-state index in [9.17, 15) is 18.8 Å². The molecule has 3 aromatic carbocycles. The maximum Gasteiger partial charge on any atom is 0.328 e. The van der Waals surface area contributed by atoms with Gasteiger partial charge in [-0.3, -0.25) is 14.5 Å². The molecule has 0 aliphatic carbocycles. The molecule has 0 radical (unpaired) electrons. The fraction of sp³-hybridized carbons (Fsp3) is 0.125. The molecule has 0 saturated carbocycles. The lowest BCUT2D eigenvalue weighted by molar-refractivity contribution is -0.128. The minimum Gasteiger partial charge on any atom is -0.304 e. The largest absolute Gasteiger partial charge is 0.328 e. The van der Waals surface area contributed by atoms with Crippen LogP contribution in [-0.4, -0.2) is 34.1 Å². The summed E-state index contributed by atoms with van der Waals surface area (Å²) in [5.41, 5.74) is 1.81. The molecule has 4 rings (SSSR count). The van der Waals surface area contributed by atoms with Gasteiger partial charge >= 0.3 is 6.03 Å². The minimum absolute atomic E-state index is 0.242. The molecule has 1 fully saturated rings. The number of carbonyl (C=O) groups excluding carboxylic acids is 3. The van der Waals surface area contributed by atoms with Gasteiger partial charge in [-0.15, -0.1) is 0 Å². The fourth-order valence-corrected chi connectivity index (χ4v) is 3.55. The number of halogens is 1. The number of hydrogen-bond acceptors (Lipinski definition) is 3. The highest BCUT2D eigenvalue weighted by atomic mass is 19.1. The normalized spacial score (nSPS) is 16.2. The monoisotopic (exact) mass is 402 g/mol. The van der Waals surface area contributed by atoms with Crippen LogP contribution in [0.3, 0.4) is 0 Å². The van der Waals surface area contributed by atoms with Crippen molar-refractivity contribution in [1.29, 1.82) is 0 Å². The summed E-state index contributed by atoms with van der Waals surface area (Å²) in [5.74, 6) is -1.33. The zero-order valence-corrected chi connectivity index (χ0v) is 16.1. The number of hydrogen-bond donors (Lipinski definition) is 0. The Morgan fingerprint density at radius 1 is 0.833 bits per heavy atom. The third kappa shape index (κ3) is 3.85. The molecule has 0 spiro atoms. The fourth-order valence-electron chi connectivity index (χ4n) is 3.55. The maximum absolute atomic E-state index is 13.2. The van der Waals surface area contributed by atoms with Gasteiger partial charge in [0, 0.05) is 12.1 Å². The summed E-state index contributed by atoms with van der Waals surface area (Å²) in [6.07, 6.45) is 0. The number of benzene rings is 3. The molecule has 30 heavy (non-hydrogen) atoms. The number of amides is 3. The Morgan fingerprint density at radius 2 is 1.43 bits per heavy atom. The lowest BCUT2D eigenvalue weighted by Gasteiger charge is -2.22. The Labute approximate surface area is 173 Å². The summed E-state index contributed by atoms with van der Waals surface area (Å²) in [5, 5.41) is 0. The van der Waals surface area contributed by atoms with E-state index in [0.29, 0.717) is 5.56 Å². The number of carbonyl (C=O) groups is 3. The Kier molecular flexibility index (Phi) is 5.39. The number of ketones is 1. The first-order valence-electron chi connectivity index (χ1n) is 9.54.